The summed E-state index contributed by atoms with van der Waals surface area (Å²) in [4.78, 5) is 4.31. The second-order valence-electron chi connectivity index (χ2n) is 3.01. The van der Waals surface area contributed by atoms with Crippen LogP contribution < -0.4 is 0 Å². The number of aromatic nitrogens is 1. The predicted octanol–water partition coefficient (Wildman–Crippen LogP) is 1.39. The van der Waals surface area contributed by atoms with E-state index in [1.807, 2.05) is 12.3 Å². The zero-order valence-corrected chi connectivity index (χ0v) is 8.80. The van der Waals surface area contributed by atoms with Crippen LogP contribution >= 0.6 is 11.3 Å². The molecule has 74 valence electrons. The molecule has 0 spiro atoms. The third kappa shape index (κ3) is 3.85. The minimum absolute atomic E-state index is 0.369. The van der Waals surface area contributed by atoms with Crippen molar-refractivity contribution in [3.05, 3.63) is 16.1 Å². The molecular weight excluding hydrogens is 186 g/mol. The average Bonchev–Trinajstić information content (AvgIpc) is 2.49. The molecule has 0 saturated heterocycles. The van der Waals surface area contributed by atoms with Crippen molar-refractivity contribution in [1.82, 2.24) is 4.98 Å². The zero-order valence-electron chi connectivity index (χ0n) is 7.99. The molecule has 3 nitrogen and oxygen atoms in total. The SMILES string of the molecule is COCC(O)CCc1csc(C)n1. The summed E-state index contributed by atoms with van der Waals surface area (Å²) in [7, 11) is 1.59. The molecule has 1 aromatic heterocycles. The lowest BCUT2D eigenvalue weighted by molar-refractivity contribution is 0.0594. The fraction of sp³-hybridized carbons (Fsp3) is 0.667. The van der Waals surface area contributed by atoms with Crippen LogP contribution in [0.3, 0.4) is 0 Å². The van der Waals surface area contributed by atoms with E-state index in [0.717, 1.165) is 23.5 Å². The molecular formula is C9H15NO2S. The highest BCUT2D eigenvalue weighted by atomic mass is 32.1. The lowest BCUT2D eigenvalue weighted by Crippen LogP contribution is -2.14. The summed E-state index contributed by atoms with van der Waals surface area (Å²) in [5.41, 5.74) is 1.07. The number of hydrogen-bond donors (Lipinski definition) is 1. The largest absolute Gasteiger partial charge is 0.391 e. The normalized spacial score (nSPS) is 13.2. The number of aliphatic hydroxyl groups excluding tert-OH is 1. The van der Waals surface area contributed by atoms with E-state index >= 15 is 0 Å². The molecule has 0 aliphatic heterocycles. The van der Waals surface area contributed by atoms with Gasteiger partial charge in [0.1, 0.15) is 0 Å². The van der Waals surface area contributed by atoms with Gasteiger partial charge < -0.3 is 9.84 Å². The summed E-state index contributed by atoms with van der Waals surface area (Å²) in [6.07, 6.45) is 1.18. The van der Waals surface area contributed by atoms with Crippen molar-refractivity contribution in [3.63, 3.8) is 0 Å². The van der Waals surface area contributed by atoms with Crippen molar-refractivity contribution >= 4 is 11.3 Å². The van der Waals surface area contributed by atoms with E-state index < -0.39 is 0 Å². The standard InChI is InChI=1S/C9H15NO2S/c1-7-10-8(6-13-7)3-4-9(11)5-12-2/h6,9,11H,3-5H2,1-2H3. The van der Waals surface area contributed by atoms with Gasteiger partial charge in [0.15, 0.2) is 0 Å². The van der Waals surface area contributed by atoms with Crippen molar-refractivity contribution in [1.29, 1.82) is 0 Å². The van der Waals surface area contributed by atoms with Gasteiger partial charge in [0.05, 0.1) is 23.4 Å². The van der Waals surface area contributed by atoms with Gasteiger partial charge in [0.2, 0.25) is 0 Å². The van der Waals surface area contributed by atoms with Crippen molar-refractivity contribution in [3.8, 4) is 0 Å². The Morgan fingerprint density at radius 1 is 1.69 bits per heavy atom. The summed E-state index contributed by atoms with van der Waals surface area (Å²) in [6.45, 7) is 2.39. The van der Waals surface area contributed by atoms with E-state index in [1.165, 1.54) is 0 Å². The third-order valence-electron chi connectivity index (χ3n) is 1.76. The maximum Gasteiger partial charge on any atom is 0.0897 e. The molecule has 0 aliphatic carbocycles. The Balaban J connectivity index is 2.26. The van der Waals surface area contributed by atoms with Crippen LogP contribution in [0.5, 0.6) is 0 Å². The van der Waals surface area contributed by atoms with Gasteiger partial charge in [-0.05, 0) is 19.8 Å². The monoisotopic (exact) mass is 201 g/mol. The van der Waals surface area contributed by atoms with E-state index in [9.17, 15) is 5.11 Å². The minimum atomic E-state index is -0.369. The highest BCUT2D eigenvalue weighted by Crippen LogP contribution is 2.10. The van der Waals surface area contributed by atoms with Gasteiger partial charge in [-0.15, -0.1) is 11.3 Å². The molecule has 1 rings (SSSR count). The van der Waals surface area contributed by atoms with Crippen molar-refractivity contribution in [2.45, 2.75) is 25.9 Å². The Labute approximate surface area is 82.4 Å². The second-order valence-corrected chi connectivity index (χ2v) is 4.07. The molecule has 1 N–H and O–H groups in total. The fourth-order valence-corrected chi connectivity index (χ4v) is 1.76. The summed E-state index contributed by atoms with van der Waals surface area (Å²) < 4.78 is 4.83. The van der Waals surface area contributed by atoms with Gasteiger partial charge in [-0.1, -0.05) is 0 Å². The van der Waals surface area contributed by atoms with E-state index in [0.29, 0.717) is 6.61 Å². The van der Waals surface area contributed by atoms with Crippen LogP contribution in [0, 0.1) is 6.92 Å². The van der Waals surface area contributed by atoms with Crippen LogP contribution in [0.2, 0.25) is 0 Å². The third-order valence-corrected chi connectivity index (χ3v) is 2.58. The highest BCUT2D eigenvalue weighted by molar-refractivity contribution is 7.09. The minimum Gasteiger partial charge on any atom is -0.391 e. The maximum absolute atomic E-state index is 9.37. The zero-order chi connectivity index (χ0) is 9.68. The number of thiazole rings is 1. The van der Waals surface area contributed by atoms with Crippen LogP contribution in [0.15, 0.2) is 5.38 Å². The lowest BCUT2D eigenvalue weighted by atomic mass is 10.2. The number of rotatable bonds is 5. The molecule has 1 unspecified atom stereocenters. The van der Waals surface area contributed by atoms with Gasteiger partial charge in [0.25, 0.3) is 0 Å². The molecule has 1 aromatic rings. The number of aryl methyl sites for hydroxylation is 2. The molecule has 0 bridgehead atoms. The van der Waals surface area contributed by atoms with Crippen molar-refractivity contribution < 1.29 is 9.84 Å². The van der Waals surface area contributed by atoms with E-state index in [4.69, 9.17) is 4.74 Å². The highest BCUT2D eigenvalue weighted by Gasteiger charge is 2.05. The number of hydrogen-bond acceptors (Lipinski definition) is 4. The van der Waals surface area contributed by atoms with Crippen LogP contribution in [0.25, 0.3) is 0 Å². The first kappa shape index (κ1) is 10.6. The molecule has 0 saturated carbocycles. The first-order valence-corrected chi connectivity index (χ1v) is 5.18. The second kappa shape index (κ2) is 5.32. The van der Waals surface area contributed by atoms with E-state index in [2.05, 4.69) is 4.98 Å². The van der Waals surface area contributed by atoms with Gasteiger partial charge in [-0.3, -0.25) is 0 Å². The van der Waals surface area contributed by atoms with E-state index in [-0.39, 0.29) is 6.10 Å². The first-order valence-electron chi connectivity index (χ1n) is 4.30. The molecule has 0 amide bonds. The van der Waals surface area contributed by atoms with Crippen molar-refractivity contribution in [2.75, 3.05) is 13.7 Å². The molecule has 0 fully saturated rings. The summed E-state index contributed by atoms with van der Waals surface area (Å²) in [5.74, 6) is 0. The summed E-state index contributed by atoms with van der Waals surface area (Å²) >= 11 is 1.65. The van der Waals surface area contributed by atoms with Gasteiger partial charge in [0, 0.05) is 12.5 Å². The quantitative estimate of drug-likeness (QED) is 0.783. The maximum atomic E-state index is 9.37. The topological polar surface area (TPSA) is 42.4 Å². The molecule has 1 atom stereocenters. The van der Waals surface area contributed by atoms with Crippen LogP contribution in [0.4, 0.5) is 0 Å². The van der Waals surface area contributed by atoms with Crippen LogP contribution in [0.1, 0.15) is 17.1 Å². The van der Waals surface area contributed by atoms with E-state index in [1.54, 1.807) is 18.4 Å². The Hall–Kier alpha value is -0.450. The molecule has 0 radical (unpaired) electrons. The number of ether oxygens (including phenoxy) is 1. The van der Waals surface area contributed by atoms with Gasteiger partial charge in [-0.2, -0.15) is 0 Å². The lowest BCUT2D eigenvalue weighted by Gasteiger charge is -2.06. The molecule has 0 aromatic carbocycles. The molecule has 13 heavy (non-hydrogen) atoms. The Kier molecular flexibility index (Phi) is 4.35. The van der Waals surface area contributed by atoms with Crippen LogP contribution in [-0.4, -0.2) is 29.9 Å². The summed E-state index contributed by atoms with van der Waals surface area (Å²) in [5, 5.41) is 12.5. The Morgan fingerprint density at radius 2 is 2.46 bits per heavy atom. The number of nitrogens with zero attached hydrogens (tertiary/aromatic N) is 1. The predicted molar refractivity (Wildman–Crippen MR) is 53.1 cm³/mol. The average molecular weight is 201 g/mol. The first-order chi connectivity index (χ1) is 6.22. The summed E-state index contributed by atoms with van der Waals surface area (Å²) in [6, 6.07) is 0. The Morgan fingerprint density at radius 3 is 3.00 bits per heavy atom. The van der Waals surface area contributed by atoms with Gasteiger partial charge in [-0.25, -0.2) is 4.98 Å². The molecule has 1 heterocycles. The van der Waals surface area contributed by atoms with Crippen LogP contribution in [-0.2, 0) is 11.2 Å². The van der Waals surface area contributed by atoms with Gasteiger partial charge >= 0.3 is 0 Å². The molecule has 4 heteroatoms. The number of methoxy groups -OCH3 is 1. The Bertz CT molecular complexity index is 250. The smallest absolute Gasteiger partial charge is 0.0897 e. The number of aliphatic hydroxyl groups is 1. The van der Waals surface area contributed by atoms with Crippen molar-refractivity contribution in [2.24, 2.45) is 0 Å². The fourth-order valence-electron chi connectivity index (χ4n) is 1.11. The molecule has 0 aliphatic rings.